The van der Waals surface area contributed by atoms with Crippen LogP contribution in [0.5, 0.6) is 0 Å². The first-order valence-corrected chi connectivity index (χ1v) is 8.74. The summed E-state index contributed by atoms with van der Waals surface area (Å²) in [5.41, 5.74) is 2.05. The van der Waals surface area contributed by atoms with Gasteiger partial charge in [0.2, 0.25) is 0 Å². The zero-order valence-corrected chi connectivity index (χ0v) is 15.7. The smallest absolute Gasteiger partial charge is 0.337 e. The number of aromatic nitrogens is 2. The third kappa shape index (κ3) is 3.58. The van der Waals surface area contributed by atoms with E-state index in [0.717, 1.165) is 0 Å². The number of esters is 1. The van der Waals surface area contributed by atoms with Crippen molar-refractivity contribution in [3.63, 3.8) is 0 Å². The summed E-state index contributed by atoms with van der Waals surface area (Å²) >= 11 is 0. The molecule has 10 heteroatoms. The number of fused-ring (bicyclic) bond motifs is 1. The first kappa shape index (κ1) is 19.5. The number of benzene rings is 1. The van der Waals surface area contributed by atoms with Crippen LogP contribution in [0.3, 0.4) is 0 Å². The lowest BCUT2D eigenvalue weighted by Crippen LogP contribution is -2.32. The van der Waals surface area contributed by atoms with E-state index in [4.69, 9.17) is 14.1 Å². The number of rotatable bonds is 7. The molecule has 0 saturated carbocycles. The lowest BCUT2D eigenvalue weighted by Gasteiger charge is -2.26. The van der Waals surface area contributed by atoms with Crippen LogP contribution in [0.25, 0.3) is 11.0 Å². The van der Waals surface area contributed by atoms with Crippen LogP contribution in [0.2, 0.25) is 0 Å². The van der Waals surface area contributed by atoms with Crippen molar-refractivity contribution in [2.24, 2.45) is 0 Å². The number of allylic oxidation sites excluding steroid dienone is 3. The predicted molar refractivity (Wildman–Crippen MR) is 97.5 cm³/mol. The highest BCUT2D eigenvalue weighted by molar-refractivity contribution is 5.94. The van der Waals surface area contributed by atoms with Gasteiger partial charge in [0, 0.05) is 17.9 Å². The van der Waals surface area contributed by atoms with Crippen LogP contribution < -0.4 is 5.32 Å². The van der Waals surface area contributed by atoms with Crippen LogP contribution in [0.1, 0.15) is 32.3 Å². The minimum Gasteiger partial charge on any atom is -0.460 e. The highest BCUT2D eigenvalue weighted by Crippen LogP contribution is 2.40. The molecule has 0 fully saturated rings. The molecule has 0 radical (unpaired) electrons. The second-order valence-electron chi connectivity index (χ2n) is 6.18. The minimum atomic E-state index is -0.980. The molecule has 1 atom stereocenters. The van der Waals surface area contributed by atoms with Crippen molar-refractivity contribution in [1.29, 1.82) is 0 Å². The van der Waals surface area contributed by atoms with Gasteiger partial charge in [-0.05, 0) is 37.2 Å². The zero-order valence-electron chi connectivity index (χ0n) is 15.7. The topological polar surface area (TPSA) is 130 Å². The van der Waals surface area contributed by atoms with E-state index in [1.165, 1.54) is 0 Å². The number of carbonyl (C=O) groups excluding carboxylic acids is 1. The van der Waals surface area contributed by atoms with Gasteiger partial charge < -0.3 is 14.8 Å². The largest absolute Gasteiger partial charge is 0.460 e. The third-order valence-corrected chi connectivity index (χ3v) is 4.44. The fourth-order valence-corrected chi connectivity index (χ4v) is 3.27. The van der Waals surface area contributed by atoms with Crippen molar-refractivity contribution in [3.8, 4) is 0 Å². The predicted octanol–water partition coefficient (Wildman–Crippen LogP) is 2.27. The number of carbonyl (C=O) groups is 1. The SMILES string of the molecule is CCOCCOC(=O)C1=C(C)NC(C)=C([N+](=O)[O-])[C@@H]1c1cccc2nonc12. The number of hydrogen-bond donors (Lipinski definition) is 1. The Morgan fingerprint density at radius 2 is 2.07 bits per heavy atom. The Morgan fingerprint density at radius 1 is 1.29 bits per heavy atom. The number of dihydropyridines is 1. The van der Waals surface area contributed by atoms with E-state index >= 15 is 0 Å². The average molecular weight is 388 g/mol. The fraction of sp³-hybridized carbons (Fsp3) is 0.389. The molecule has 28 heavy (non-hydrogen) atoms. The Labute approximate surface area is 160 Å². The Balaban J connectivity index is 2.08. The van der Waals surface area contributed by atoms with Crippen molar-refractivity contribution in [1.82, 2.24) is 15.6 Å². The molecule has 0 saturated heterocycles. The van der Waals surface area contributed by atoms with Crippen LogP contribution in [-0.2, 0) is 14.3 Å². The molecule has 0 unspecified atom stereocenters. The molecule has 2 heterocycles. The number of nitrogens with zero attached hydrogens (tertiary/aromatic N) is 3. The van der Waals surface area contributed by atoms with Gasteiger partial charge in [0.1, 0.15) is 23.6 Å². The van der Waals surface area contributed by atoms with Gasteiger partial charge in [-0.2, -0.15) is 0 Å². The van der Waals surface area contributed by atoms with Gasteiger partial charge in [-0.1, -0.05) is 12.1 Å². The first-order valence-electron chi connectivity index (χ1n) is 8.74. The molecule has 0 aliphatic carbocycles. The van der Waals surface area contributed by atoms with Gasteiger partial charge in [0.05, 0.1) is 22.8 Å². The molecule has 1 aliphatic rings. The second-order valence-corrected chi connectivity index (χ2v) is 6.18. The van der Waals surface area contributed by atoms with E-state index in [-0.39, 0.29) is 24.5 Å². The monoisotopic (exact) mass is 388 g/mol. The molecule has 2 aromatic rings. The van der Waals surface area contributed by atoms with Crippen LogP contribution in [0, 0.1) is 10.1 Å². The third-order valence-electron chi connectivity index (χ3n) is 4.44. The molecule has 1 aromatic carbocycles. The van der Waals surface area contributed by atoms with E-state index in [2.05, 4.69) is 15.6 Å². The number of nitrogens with one attached hydrogen (secondary N) is 1. The standard InChI is InChI=1S/C18H20N4O6/c1-4-26-8-9-27-18(23)14-10(2)19-11(3)17(22(24)25)15(14)12-6-5-7-13-16(12)21-28-20-13/h5-7,15,19H,4,8-9H2,1-3H3/t15-/m1/s1. The van der Waals surface area contributed by atoms with Gasteiger partial charge >= 0.3 is 5.97 Å². The van der Waals surface area contributed by atoms with Crippen LogP contribution in [-0.4, -0.2) is 41.0 Å². The van der Waals surface area contributed by atoms with Crippen molar-refractivity contribution < 1.29 is 23.8 Å². The van der Waals surface area contributed by atoms with E-state index in [9.17, 15) is 14.9 Å². The summed E-state index contributed by atoms with van der Waals surface area (Å²) in [5.74, 6) is -1.64. The van der Waals surface area contributed by atoms with Gasteiger partial charge in [0.25, 0.3) is 5.70 Å². The van der Waals surface area contributed by atoms with Gasteiger partial charge in [0.15, 0.2) is 0 Å². The zero-order chi connectivity index (χ0) is 20.3. The maximum absolute atomic E-state index is 12.8. The molecule has 10 nitrogen and oxygen atoms in total. The van der Waals surface area contributed by atoms with Gasteiger partial charge in [-0.3, -0.25) is 10.1 Å². The van der Waals surface area contributed by atoms with E-state index in [1.54, 1.807) is 32.0 Å². The normalized spacial score (nSPS) is 17.0. The first-order chi connectivity index (χ1) is 13.5. The summed E-state index contributed by atoms with van der Waals surface area (Å²) in [5, 5.41) is 22.4. The molecule has 0 spiro atoms. The Morgan fingerprint density at radius 3 is 2.79 bits per heavy atom. The Kier molecular flexibility index (Phi) is 5.69. The lowest BCUT2D eigenvalue weighted by molar-refractivity contribution is -0.431. The number of nitro groups is 1. The molecule has 0 bridgehead atoms. The van der Waals surface area contributed by atoms with Crippen molar-refractivity contribution in [2.45, 2.75) is 26.7 Å². The summed E-state index contributed by atoms with van der Waals surface area (Å²) in [6, 6.07) is 5.03. The van der Waals surface area contributed by atoms with Crippen LogP contribution in [0.4, 0.5) is 0 Å². The van der Waals surface area contributed by atoms with Crippen molar-refractivity contribution in [3.05, 3.63) is 56.5 Å². The van der Waals surface area contributed by atoms with Crippen molar-refractivity contribution in [2.75, 3.05) is 19.8 Å². The van der Waals surface area contributed by atoms with Crippen molar-refractivity contribution >= 4 is 17.0 Å². The summed E-state index contributed by atoms with van der Waals surface area (Å²) < 4.78 is 15.3. The molecule has 1 aromatic heterocycles. The minimum absolute atomic E-state index is 0.0440. The molecular formula is C18H20N4O6. The maximum atomic E-state index is 12.8. The molecule has 3 rings (SSSR count). The highest BCUT2D eigenvalue weighted by Gasteiger charge is 2.42. The summed E-state index contributed by atoms with van der Waals surface area (Å²) in [7, 11) is 0. The van der Waals surface area contributed by atoms with Crippen LogP contribution >= 0.6 is 0 Å². The van der Waals surface area contributed by atoms with E-state index < -0.39 is 16.8 Å². The number of ether oxygens (including phenoxy) is 2. The Hall–Kier alpha value is -3.27. The molecule has 1 aliphatic heterocycles. The molecular weight excluding hydrogens is 368 g/mol. The maximum Gasteiger partial charge on any atom is 0.337 e. The average Bonchev–Trinajstić information content (AvgIpc) is 3.13. The molecule has 1 N–H and O–H groups in total. The summed E-state index contributed by atoms with van der Waals surface area (Å²) in [6.45, 7) is 5.88. The molecule has 148 valence electrons. The second kappa shape index (κ2) is 8.17. The van der Waals surface area contributed by atoms with Crippen LogP contribution in [0.15, 0.2) is 45.5 Å². The van der Waals surface area contributed by atoms with Gasteiger partial charge in [-0.25, -0.2) is 9.42 Å². The Bertz CT molecular complexity index is 977. The summed E-state index contributed by atoms with van der Waals surface area (Å²) in [4.78, 5) is 24.2. The van der Waals surface area contributed by atoms with E-state index in [1.807, 2.05) is 6.92 Å². The number of hydrogen-bond acceptors (Lipinski definition) is 9. The highest BCUT2D eigenvalue weighted by atomic mass is 16.6. The molecule has 0 amide bonds. The quantitative estimate of drug-likeness (QED) is 0.328. The van der Waals surface area contributed by atoms with E-state index in [0.29, 0.717) is 34.6 Å². The lowest BCUT2D eigenvalue weighted by atomic mass is 9.83. The summed E-state index contributed by atoms with van der Waals surface area (Å²) in [6.07, 6.45) is 0. The fourth-order valence-electron chi connectivity index (χ4n) is 3.27. The van der Waals surface area contributed by atoms with Gasteiger partial charge in [-0.15, -0.1) is 0 Å².